The lowest BCUT2D eigenvalue weighted by atomic mass is 10.2. The maximum Gasteiger partial charge on any atom is 0.123 e. The number of halogens is 1. The number of nitrogens with one attached hydrogen (secondary N) is 1. The molecule has 0 saturated heterocycles. The molecule has 3 rings (SSSR count). The maximum absolute atomic E-state index is 12.9. The van der Waals surface area contributed by atoms with Crippen molar-refractivity contribution in [2.75, 3.05) is 0 Å². The van der Waals surface area contributed by atoms with Crippen LogP contribution in [-0.2, 0) is 13.1 Å². The molecule has 1 fully saturated rings. The molecule has 0 unspecified atom stereocenters. The summed E-state index contributed by atoms with van der Waals surface area (Å²) in [4.78, 5) is 0. The molecule has 3 nitrogen and oxygen atoms in total. The minimum absolute atomic E-state index is 0.198. The maximum atomic E-state index is 12.9. The predicted molar refractivity (Wildman–Crippen MR) is 77.1 cm³/mol. The fourth-order valence-corrected chi connectivity index (χ4v) is 2.44. The number of aromatic nitrogens is 2. The smallest absolute Gasteiger partial charge is 0.123 e. The van der Waals surface area contributed by atoms with Gasteiger partial charge in [0, 0.05) is 23.8 Å². The Hall–Kier alpha value is -1.68. The van der Waals surface area contributed by atoms with E-state index in [0.29, 0.717) is 12.6 Å². The molecule has 0 atom stereocenters. The van der Waals surface area contributed by atoms with Gasteiger partial charge < -0.3 is 5.32 Å². The van der Waals surface area contributed by atoms with Gasteiger partial charge in [0.2, 0.25) is 0 Å². The SMILES string of the molecule is Cc1nn(Cc2ccc(F)cc2)c(C)c1CNC1CC1. The molecule has 1 aliphatic carbocycles. The van der Waals surface area contributed by atoms with E-state index in [1.807, 2.05) is 16.8 Å². The predicted octanol–water partition coefficient (Wildman–Crippen LogP) is 2.94. The fourth-order valence-electron chi connectivity index (χ4n) is 2.44. The third-order valence-corrected chi connectivity index (χ3v) is 3.92. The number of hydrogen-bond acceptors (Lipinski definition) is 2. The Bertz CT molecular complexity index is 597. The van der Waals surface area contributed by atoms with Gasteiger partial charge in [0.25, 0.3) is 0 Å². The summed E-state index contributed by atoms with van der Waals surface area (Å²) in [7, 11) is 0. The average molecular weight is 273 g/mol. The Kier molecular flexibility index (Phi) is 3.57. The Balaban J connectivity index is 1.75. The summed E-state index contributed by atoms with van der Waals surface area (Å²) in [5, 5.41) is 8.15. The summed E-state index contributed by atoms with van der Waals surface area (Å²) >= 11 is 0. The topological polar surface area (TPSA) is 29.9 Å². The second-order valence-electron chi connectivity index (χ2n) is 5.59. The summed E-state index contributed by atoms with van der Waals surface area (Å²) in [5.74, 6) is -0.198. The molecule has 1 N–H and O–H groups in total. The summed E-state index contributed by atoms with van der Waals surface area (Å²) in [6.07, 6.45) is 2.59. The van der Waals surface area contributed by atoms with Gasteiger partial charge in [0.05, 0.1) is 12.2 Å². The van der Waals surface area contributed by atoms with Crippen LogP contribution in [0, 0.1) is 19.7 Å². The molecule has 1 aliphatic rings. The highest BCUT2D eigenvalue weighted by Crippen LogP contribution is 2.21. The molecule has 106 valence electrons. The van der Waals surface area contributed by atoms with Gasteiger partial charge in [-0.05, 0) is 44.4 Å². The molecule has 0 radical (unpaired) electrons. The van der Waals surface area contributed by atoms with Gasteiger partial charge >= 0.3 is 0 Å². The molecular weight excluding hydrogens is 253 g/mol. The van der Waals surface area contributed by atoms with Crippen LogP contribution in [0.3, 0.4) is 0 Å². The highest BCUT2D eigenvalue weighted by atomic mass is 19.1. The largest absolute Gasteiger partial charge is 0.310 e. The Morgan fingerprint density at radius 1 is 1.25 bits per heavy atom. The minimum Gasteiger partial charge on any atom is -0.310 e. The Morgan fingerprint density at radius 2 is 1.95 bits per heavy atom. The highest BCUT2D eigenvalue weighted by molar-refractivity contribution is 5.26. The van der Waals surface area contributed by atoms with Crippen LogP contribution in [-0.4, -0.2) is 15.8 Å². The van der Waals surface area contributed by atoms with Crippen LogP contribution in [0.2, 0.25) is 0 Å². The molecule has 1 aromatic carbocycles. The van der Waals surface area contributed by atoms with Gasteiger partial charge in [-0.25, -0.2) is 4.39 Å². The lowest BCUT2D eigenvalue weighted by Gasteiger charge is -2.06. The van der Waals surface area contributed by atoms with Crippen LogP contribution in [0.1, 0.15) is 35.4 Å². The molecule has 20 heavy (non-hydrogen) atoms. The first-order chi connectivity index (χ1) is 9.63. The molecule has 1 heterocycles. The molecule has 1 aromatic heterocycles. The van der Waals surface area contributed by atoms with Crippen LogP contribution in [0.5, 0.6) is 0 Å². The Morgan fingerprint density at radius 3 is 2.60 bits per heavy atom. The molecule has 1 saturated carbocycles. The van der Waals surface area contributed by atoms with Gasteiger partial charge in [-0.15, -0.1) is 0 Å². The highest BCUT2D eigenvalue weighted by Gasteiger charge is 2.21. The number of aryl methyl sites for hydroxylation is 1. The van der Waals surface area contributed by atoms with Crippen molar-refractivity contribution >= 4 is 0 Å². The summed E-state index contributed by atoms with van der Waals surface area (Å²) in [6, 6.07) is 7.32. The van der Waals surface area contributed by atoms with Crippen molar-refractivity contribution in [1.82, 2.24) is 15.1 Å². The van der Waals surface area contributed by atoms with Crippen molar-refractivity contribution in [2.24, 2.45) is 0 Å². The zero-order chi connectivity index (χ0) is 14.1. The quantitative estimate of drug-likeness (QED) is 0.907. The van der Waals surface area contributed by atoms with E-state index in [1.54, 1.807) is 0 Å². The van der Waals surface area contributed by atoms with E-state index in [4.69, 9.17) is 0 Å². The lowest BCUT2D eigenvalue weighted by Crippen LogP contribution is -2.16. The molecule has 0 aliphatic heterocycles. The first kappa shape index (κ1) is 13.3. The molecule has 0 bridgehead atoms. The summed E-state index contributed by atoms with van der Waals surface area (Å²) in [6.45, 7) is 5.74. The van der Waals surface area contributed by atoms with Crippen molar-refractivity contribution in [3.05, 3.63) is 52.6 Å². The van der Waals surface area contributed by atoms with Gasteiger partial charge in [-0.3, -0.25) is 4.68 Å². The van der Waals surface area contributed by atoms with Crippen LogP contribution in [0.25, 0.3) is 0 Å². The molecule has 0 amide bonds. The number of nitrogens with zero attached hydrogens (tertiary/aromatic N) is 2. The van der Waals surface area contributed by atoms with E-state index in [-0.39, 0.29) is 5.82 Å². The zero-order valence-electron chi connectivity index (χ0n) is 12.0. The Labute approximate surface area is 118 Å². The van der Waals surface area contributed by atoms with Crippen LogP contribution >= 0.6 is 0 Å². The first-order valence-electron chi connectivity index (χ1n) is 7.14. The zero-order valence-corrected chi connectivity index (χ0v) is 12.0. The van der Waals surface area contributed by atoms with Crippen LogP contribution in [0.4, 0.5) is 4.39 Å². The van der Waals surface area contributed by atoms with E-state index >= 15 is 0 Å². The summed E-state index contributed by atoms with van der Waals surface area (Å²) < 4.78 is 14.9. The fraction of sp³-hybridized carbons (Fsp3) is 0.438. The van der Waals surface area contributed by atoms with Crippen molar-refractivity contribution in [2.45, 2.75) is 45.8 Å². The van der Waals surface area contributed by atoms with Crippen molar-refractivity contribution in [3.63, 3.8) is 0 Å². The minimum atomic E-state index is -0.198. The second kappa shape index (κ2) is 5.37. The molecule has 4 heteroatoms. The van der Waals surface area contributed by atoms with Crippen molar-refractivity contribution < 1.29 is 4.39 Å². The second-order valence-corrected chi connectivity index (χ2v) is 5.59. The van der Waals surface area contributed by atoms with Crippen molar-refractivity contribution in [3.8, 4) is 0 Å². The normalized spacial score (nSPS) is 14.8. The van der Waals surface area contributed by atoms with Gasteiger partial charge in [0.1, 0.15) is 5.82 Å². The van der Waals surface area contributed by atoms with Gasteiger partial charge in [-0.2, -0.15) is 5.10 Å². The van der Waals surface area contributed by atoms with Crippen LogP contribution < -0.4 is 5.32 Å². The van der Waals surface area contributed by atoms with E-state index in [2.05, 4.69) is 24.3 Å². The van der Waals surface area contributed by atoms with E-state index in [1.165, 1.54) is 36.2 Å². The molecular formula is C16H20FN3. The van der Waals surface area contributed by atoms with E-state index < -0.39 is 0 Å². The third kappa shape index (κ3) is 2.90. The molecule has 2 aromatic rings. The van der Waals surface area contributed by atoms with Crippen molar-refractivity contribution in [1.29, 1.82) is 0 Å². The van der Waals surface area contributed by atoms with E-state index in [9.17, 15) is 4.39 Å². The number of benzene rings is 1. The summed E-state index contributed by atoms with van der Waals surface area (Å²) in [5.41, 5.74) is 4.63. The standard InChI is InChI=1S/C16H20FN3/c1-11-16(9-18-15-7-8-15)12(2)20(19-11)10-13-3-5-14(17)6-4-13/h3-6,15,18H,7-10H2,1-2H3. The first-order valence-corrected chi connectivity index (χ1v) is 7.14. The third-order valence-electron chi connectivity index (χ3n) is 3.92. The van der Waals surface area contributed by atoms with Gasteiger partial charge in [0.15, 0.2) is 0 Å². The average Bonchev–Trinajstić information content (AvgIpc) is 3.20. The lowest BCUT2D eigenvalue weighted by molar-refractivity contribution is 0.622. The number of rotatable bonds is 5. The van der Waals surface area contributed by atoms with Gasteiger partial charge in [-0.1, -0.05) is 12.1 Å². The molecule has 0 spiro atoms. The number of hydrogen-bond donors (Lipinski definition) is 1. The van der Waals surface area contributed by atoms with E-state index in [0.717, 1.165) is 17.8 Å². The van der Waals surface area contributed by atoms with Crippen LogP contribution in [0.15, 0.2) is 24.3 Å². The monoisotopic (exact) mass is 273 g/mol.